The van der Waals surface area contributed by atoms with Gasteiger partial charge in [-0.05, 0) is 86.6 Å². The molecule has 0 unspecified atom stereocenters. The van der Waals surface area contributed by atoms with Crippen LogP contribution in [0.25, 0.3) is 17.4 Å². The summed E-state index contributed by atoms with van der Waals surface area (Å²) in [5.41, 5.74) is 5.20. The molecule has 2 aromatic rings. The smallest absolute Gasteiger partial charge is 0.262 e. The maximum atomic E-state index is 13.9. The highest BCUT2D eigenvalue weighted by molar-refractivity contribution is 5.93. The summed E-state index contributed by atoms with van der Waals surface area (Å²) in [6.07, 6.45) is 9.42. The Bertz CT molecular complexity index is 974. The molecule has 0 aliphatic heterocycles. The standard InChI is InChI=1S/C24H25FN2O3/c25-20-4-2-1-3-19(20)21-7-5-18(30-21)6-8-22(28)26-27-23(29)24-12-15-9-16(13-24)11-17(10-15)14-24/h1-8,15-17H,9-14H2,(H,26,28)(H,27,29)/b8-6+. The average molecular weight is 408 g/mol. The Hall–Kier alpha value is -2.89. The highest BCUT2D eigenvalue weighted by Gasteiger charge is 2.54. The van der Waals surface area contributed by atoms with Gasteiger partial charge in [-0.25, -0.2) is 4.39 Å². The fourth-order valence-electron chi connectivity index (χ4n) is 6.09. The van der Waals surface area contributed by atoms with Crippen LogP contribution in [-0.4, -0.2) is 11.8 Å². The number of hydrogen-bond acceptors (Lipinski definition) is 3. The number of amides is 2. The molecular weight excluding hydrogens is 383 g/mol. The molecule has 2 amide bonds. The van der Waals surface area contributed by atoms with Crippen molar-refractivity contribution in [3.63, 3.8) is 0 Å². The SMILES string of the molecule is O=C(/C=C/c1ccc(-c2ccccc2F)o1)NNC(=O)C12CC3CC(CC(C3)C1)C2. The minimum atomic E-state index is -0.433. The average Bonchev–Trinajstić information content (AvgIpc) is 3.18. The second-order valence-electron chi connectivity index (χ2n) is 9.16. The van der Waals surface area contributed by atoms with Crippen molar-refractivity contribution in [1.29, 1.82) is 0 Å². The molecule has 4 saturated carbocycles. The summed E-state index contributed by atoms with van der Waals surface area (Å²) in [5.74, 6) is 1.97. The zero-order valence-corrected chi connectivity index (χ0v) is 16.7. The van der Waals surface area contributed by atoms with Gasteiger partial charge in [0.2, 0.25) is 5.91 Å². The molecule has 0 radical (unpaired) electrons. The molecule has 4 aliphatic carbocycles. The van der Waals surface area contributed by atoms with E-state index >= 15 is 0 Å². The first-order chi connectivity index (χ1) is 14.5. The van der Waals surface area contributed by atoms with Crippen LogP contribution >= 0.6 is 0 Å². The minimum Gasteiger partial charge on any atom is -0.457 e. The lowest BCUT2D eigenvalue weighted by Gasteiger charge is -2.55. The second-order valence-corrected chi connectivity index (χ2v) is 9.16. The van der Waals surface area contributed by atoms with Gasteiger partial charge >= 0.3 is 0 Å². The molecule has 6 rings (SSSR count). The molecule has 4 fully saturated rings. The van der Waals surface area contributed by atoms with Crippen molar-refractivity contribution in [2.75, 3.05) is 0 Å². The van der Waals surface area contributed by atoms with E-state index in [9.17, 15) is 14.0 Å². The van der Waals surface area contributed by atoms with E-state index in [-0.39, 0.29) is 17.1 Å². The molecule has 5 nitrogen and oxygen atoms in total. The van der Waals surface area contributed by atoms with Crippen molar-refractivity contribution in [1.82, 2.24) is 10.9 Å². The van der Waals surface area contributed by atoms with E-state index < -0.39 is 5.91 Å². The van der Waals surface area contributed by atoms with Crippen molar-refractivity contribution in [2.24, 2.45) is 23.2 Å². The molecule has 1 aromatic carbocycles. The first kappa shape index (κ1) is 19.1. The van der Waals surface area contributed by atoms with E-state index in [0.29, 0.717) is 34.8 Å². The lowest BCUT2D eigenvalue weighted by molar-refractivity contribution is -0.148. The molecule has 4 bridgehead atoms. The molecule has 6 heteroatoms. The Morgan fingerprint density at radius 1 is 0.967 bits per heavy atom. The number of furan rings is 1. The number of benzene rings is 1. The largest absolute Gasteiger partial charge is 0.457 e. The van der Waals surface area contributed by atoms with Gasteiger partial charge in [0.25, 0.3) is 5.91 Å². The highest BCUT2D eigenvalue weighted by atomic mass is 19.1. The van der Waals surface area contributed by atoms with E-state index in [2.05, 4.69) is 10.9 Å². The summed E-state index contributed by atoms with van der Waals surface area (Å²) in [6, 6.07) is 9.67. The molecule has 30 heavy (non-hydrogen) atoms. The predicted molar refractivity (Wildman–Crippen MR) is 110 cm³/mol. The van der Waals surface area contributed by atoms with E-state index in [4.69, 9.17) is 4.42 Å². The molecule has 0 spiro atoms. The lowest BCUT2D eigenvalue weighted by atomic mass is 9.49. The molecule has 0 saturated heterocycles. The summed E-state index contributed by atoms with van der Waals surface area (Å²) >= 11 is 0. The van der Waals surface area contributed by atoms with Gasteiger partial charge in [0.05, 0.1) is 11.0 Å². The first-order valence-electron chi connectivity index (χ1n) is 10.6. The third-order valence-electron chi connectivity index (χ3n) is 6.98. The monoisotopic (exact) mass is 408 g/mol. The normalized spacial score (nSPS) is 29.3. The number of hydrogen-bond donors (Lipinski definition) is 2. The quantitative estimate of drug-likeness (QED) is 0.580. The van der Waals surface area contributed by atoms with Crippen molar-refractivity contribution >= 4 is 17.9 Å². The number of hydrazine groups is 1. The Morgan fingerprint density at radius 3 is 2.30 bits per heavy atom. The van der Waals surface area contributed by atoms with E-state index in [1.165, 1.54) is 37.5 Å². The molecule has 2 N–H and O–H groups in total. The maximum absolute atomic E-state index is 13.9. The van der Waals surface area contributed by atoms with Crippen LogP contribution in [0.4, 0.5) is 4.39 Å². The summed E-state index contributed by atoms with van der Waals surface area (Å²) in [5, 5.41) is 0. The van der Waals surface area contributed by atoms with Crippen LogP contribution in [0, 0.1) is 29.0 Å². The third-order valence-corrected chi connectivity index (χ3v) is 6.98. The number of carbonyl (C=O) groups is 2. The Balaban J connectivity index is 1.18. The zero-order chi connectivity index (χ0) is 20.7. The molecule has 1 aromatic heterocycles. The van der Waals surface area contributed by atoms with Gasteiger partial charge < -0.3 is 4.42 Å². The highest BCUT2D eigenvalue weighted by Crippen LogP contribution is 2.60. The van der Waals surface area contributed by atoms with Gasteiger partial charge in [-0.3, -0.25) is 20.4 Å². The number of rotatable bonds is 4. The fourth-order valence-corrected chi connectivity index (χ4v) is 6.09. The van der Waals surface area contributed by atoms with Gasteiger partial charge in [-0.1, -0.05) is 12.1 Å². The van der Waals surface area contributed by atoms with Gasteiger partial charge in [0, 0.05) is 6.08 Å². The van der Waals surface area contributed by atoms with Crippen molar-refractivity contribution < 1.29 is 18.4 Å². The Morgan fingerprint density at radius 2 is 1.63 bits per heavy atom. The summed E-state index contributed by atoms with van der Waals surface area (Å²) in [6.45, 7) is 0. The number of halogens is 1. The van der Waals surface area contributed by atoms with Gasteiger partial charge in [0.15, 0.2) is 0 Å². The second kappa shape index (κ2) is 7.42. The van der Waals surface area contributed by atoms with Crippen LogP contribution < -0.4 is 10.9 Å². The first-order valence-corrected chi connectivity index (χ1v) is 10.6. The van der Waals surface area contributed by atoms with Gasteiger partial charge in [-0.2, -0.15) is 0 Å². The topological polar surface area (TPSA) is 71.3 Å². The van der Waals surface area contributed by atoms with Crippen LogP contribution in [0.1, 0.15) is 44.3 Å². The third kappa shape index (κ3) is 3.55. The number of nitrogens with one attached hydrogen (secondary N) is 2. The molecule has 156 valence electrons. The van der Waals surface area contributed by atoms with Crippen molar-refractivity contribution in [2.45, 2.75) is 38.5 Å². The van der Waals surface area contributed by atoms with E-state index in [1.54, 1.807) is 30.3 Å². The van der Waals surface area contributed by atoms with Crippen LogP contribution in [0.3, 0.4) is 0 Å². The molecule has 4 aliphatic rings. The van der Waals surface area contributed by atoms with Crippen molar-refractivity contribution in [3.8, 4) is 11.3 Å². The molecule has 1 heterocycles. The van der Waals surface area contributed by atoms with Gasteiger partial charge in [-0.15, -0.1) is 0 Å². The van der Waals surface area contributed by atoms with Crippen LogP contribution in [0.5, 0.6) is 0 Å². The molecular formula is C24H25FN2O3. The minimum absolute atomic E-state index is 0.0526. The summed E-state index contributed by atoms with van der Waals surface area (Å²) < 4.78 is 19.5. The van der Waals surface area contributed by atoms with Crippen LogP contribution in [0.2, 0.25) is 0 Å². The number of carbonyl (C=O) groups excluding carboxylic acids is 2. The molecule has 0 atom stereocenters. The Labute approximate surface area is 174 Å². The van der Waals surface area contributed by atoms with Crippen LogP contribution in [-0.2, 0) is 9.59 Å². The van der Waals surface area contributed by atoms with Crippen LogP contribution in [0.15, 0.2) is 46.9 Å². The summed E-state index contributed by atoms with van der Waals surface area (Å²) in [7, 11) is 0. The summed E-state index contributed by atoms with van der Waals surface area (Å²) in [4.78, 5) is 25.0. The van der Waals surface area contributed by atoms with E-state index in [0.717, 1.165) is 19.3 Å². The predicted octanol–water partition coefficient (Wildman–Crippen LogP) is 4.46. The van der Waals surface area contributed by atoms with Crippen molar-refractivity contribution in [3.05, 3.63) is 54.1 Å². The van der Waals surface area contributed by atoms with E-state index in [1.807, 2.05) is 0 Å². The Kier molecular flexibility index (Phi) is 4.72. The zero-order valence-electron chi connectivity index (χ0n) is 16.7. The lowest BCUT2D eigenvalue weighted by Crippen LogP contribution is -2.56. The van der Waals surface area contributed by atoms with Gasteiger partial charge in [0.1, 0.15) is 17.3 Å². The fraction of sp³-hybridized carbons (Fsp3) is 0.417. The maximum Gasteiger partial charge on any atom is 0.262 e.